The van der Waals surface area contributed by atoms with E-state index < -0.39 is 10.0 Å². The van der Waals surface area contributed by atoms with Crippen LogP contribution in [0, 0.1) is 0 Å². The smallest absolute Gasteiger partial charge is 0.243 e. The average Bonchev–Trinajstić information content (AvgIpc) is 3.57. The lowest BCUT2D eigenvalue weighted by molar-refractivity contribution is -0.119. The number of hydrogen-bond acceptors (Lipinski definition) is 7. The van der Waals surface area contributed by atoms with Gasteiger partial charge in [0.25, 0.3) is 0 Å². The second-order valence-electron chi connectivity index (χ2n) is 12.0. The molecule has 5 rings (SSSR count). The molecule has 0 atom stereocenters. The van der Waals surface area contributed by atoms with Gasteiger partial charge in [-0.15, -0.1) is 22.6 Å². The van der Waals surface area contributed by atoms with Crippen LogP contribution in [0.4, 0.5) is 0 Å². The van der Waals surface area contributed by atoms with Crippen molar-refractivity contribution in [2.24, 2.45) is 0 Å². The van der Waals surface area contributed by atoms with Crippen molar-refractivity contribution >= 4 is 40.1 Å². The number of hydrogen-bond donors (Lipinski definition) is 2. The molecule has 2 fully saturated rings. The summed E-state index contributed by atoms with van der Waals surface area (Å²) in [6.45, 7) is 9.74. The van der Waals surface area contributed by atoms with E-state index in [4.69, 9.17) is 0 Å². The Morgan fingerprint density at radius 3 is 2.32 bits per heavy atom. The Kier molecular flexibility index (Phi) is 9.55. The summed E-state index contributed by atoms with van der Waals surface area (Å²) in [7, 11) is -3.58. The first-order valence-electron chi connectivity index (χ1n) is 13.8. The van der Waals surface area contributed by atoms with E-state index in [1.54, 1.807) is 22.5 Å². The average molecular weight is 619 g/mol. The molecular formula is C29H39ClN6O3S2. The molecule has 1 aromatic heterocycles. The van der Waals surface area contributed by atoms with Crippen LogP contribution in [0.1, 0.15) is 53.4 Å². The van der Waals surface area contributed by atoms with E-state index in [1.165, 1.54) is 11.8 Å². The van der Waals surface area contributed by atoms with Crippen LogP contribution < -0.4 is 10.6 Å². The Morgan fingerprint density at radius 2 is 1.66 bits per heavy atom. The van der Waals surface area contributed by atoms with E-state index in [-0.39, 0.29) is 46.1 Å². The molecule has 2 aliphatic heterocycles. The van der Waals surface area contributed by atoms with Crippen LogP contribution in [-0.2, 0) is 14.8 Å². The van der Waals surface area contributed by atoms with Gasteiger partial charge < -0.3 is 10.6 Å². The lowest BCUT2D eigenvalue weighted by Gasteiger charge is -2.46. The second-order valence-corrected chi connectivity index (χ2v) is 14.9. The van der Waals surface area contributed by atoms with Crippen molar-refractivity contribution in [1.29, 1.82) is 0 Å². The van der Waals surface area contributed by atoms with Gasteiger partial charge in [0.05, 0.1) is 10.6 Å². The van der Waals surface area contributed by atoms with Gasteiger partial charge in [-0.1, -0.05) is 42.1 Å². The maximum Gasteiger partial charge on any atom is 0.243 e. The molecule has 0 bridgehead atoms. The van der Waals surface area contributed by atoms with Gasteiger partial charge in [0, 0.05) is 41.5 Å². The number of amides is 1. The number of piperidine rings is 1. The van der Waals surface area contributed by atoms with E-state index >= 15 is 0 Å². The van der Waals surface area contributed by atoms with Gasteiger partial charge in [0.1, 0.15) is 0 Å². The minimum absolute atomic E-state index is 0. The standard InChI is InChI=1S/C29H38N6O3S2.ClH/c1-28(2)18-22(19-29(3,4)33-28)30-25(36)20-39-27-32-31-26(35(27)23-12-6-5-7-13-23)21-11-10-14-24(17-21)40(37,38)34-15-8-9-16-34;/h5-7,10-14,17,22,33H,8-9,15-16,18-20H2,1-4H3,(H,30,36);1H. The maximum atomic E-state index is 13.2. The molecule has 0 saturated carbocycles. The first-order valence-corrected chi connectivity index (χ1v) is 16.2. The number of benzene rings is 2. The van der Waals surface area contributed by atoms with E-state index in [9.17, 15) is 13.2 Å². The van der Waals surface area contributed by atoms with Gasteiger partial charge in [0.15, 0.2) is 11.0 Å². The highest BCUT2D eigenvalue weighted by Crippen LogP contribution is 2.31. The zero-order valence-electron chi connectivity index (χ0n) is 24.0. The molecule has 0 unspecified atom stereocenters. The van der Waals surface area contributed by atoms with Crippen molar-refractivity contribution in [1.82, 2.24) is 29.7 Å². The zero-order chi connectivity index (χ0) is 28.5. The summed E-state index contributed by atoms with van der Waals surface area (Å²) in [4.78, 5) is 13.3. The first-order chi connectivity index (χ1) is 18.9. The summed E-state index contributed by atoms with van der Waals surface area (Å²) in [5, 5.41) is 16.3. The van der Waals surface area contributed by atoms with E-state index in [1.807, 2.05) is 41.0 Å². The topological polar surface area (TPSA) is 109 Å². The normalized spacial score (nSPS) is 19.0. The summed E-state index contributed by atoms with van der Waals surface area (Å²) >= 11 is 1.32. The predicted octanol–water partition coefficient (Wildman–Crippen LogP) is 4.66. The molecule has 0 radical (unpaired) electrons. The number of para-hydroxylation sites is 1. The molecule has 0 aliphatic carbocycles. The minimum atomic E-state index is -3.58. The summed E-state index contributed by atoms with van der Waals surface area (Å²) < 4.78 is 29.9. The predicted molar refractivity (Wildman–Crippen MR) is 165 cm³/mol. The number of rotatable bonds is 8. The van der Waals surface area contributed by atoms with Crippen LogP contribution in [0.5, 0.6) is 0 Å². The van der Waals surface area contributed by atoms with Crippen molar-refractivity contribution in [2.45, 2.75) is 80.5 Å². The van der Waals surface area contributed by atoms with E-state index in [0.29, 0.717) is 29.6 Å². The van der Waals surface area contributed by atoms with Gasteiger partial charge in [-0.3, -0.25) is 9.36 Å². The van der Waals surface area contributed by atoms with Gasteiger partial charge in [-0.05, 0) is 77.6 Å². The van der Waals surface area contributed by atoms with Crippen LogP contribution in [0.25, 0.3) is 17.1 Å². The molecule has 3 heterocycles. The Morgan fingerprint density at radius 1 is 1.00 bits per heavy atom. The van der Waals surface area contributed by atoms with Gasteiger partial charge in [-0.25, -0.2) is 8.42 Å². The molecule has 2 aromatic carbocycles. The molecule has 9 nitrogen and oxygen atoms in total. The summed E-state index contributed by atoms with van der Waals surface area (Å²) in [6.07, 6.45) is 3.47. The fourth-order valence-electron chi connectivity index (χ4n) is 6.06. The number of nitrogens with one attached hydrogen (secondary N) is 2. The molecular weight excluding hydrogens is 580 g/mol. The number of halogens is 1. The van der Waals surface area contributed by atoms with Crippen LogP contribution in [0.15, 0.2) is 64.6 Å². The maximum absolute atomic E-state index is 13.2. The molecule has 1 amide bonds. The Balaban J connectivity index is 0.00000387. The van der Waals surface area contributed by atoms with Gasteiger partial charge in [0.2, 0.25) is 15.9 Å². The fraction of sp³-hybridized carbons (Fsp3) is 0.483. The number of aromatic nitrogens is 3. The Labute approximate surface area is 253 Å². The molecule has 2 N–H and O–H groups in total. The number of thioether (sulfide) groups is 1. The van der Waals surface area contributed by atoms with Crippen LogP contribution >= 0.6 is 24.2 Å². The Bertz CT molecular complexity index is 1450. The monoisotopic (exact) mass is 618 g/mol. The third kappa shape index (κ3) is 7.32. The summed E-state index contributed by atoms with van der Waals surface area (Å²) in [6, 6.07) is 16.6. The largest absolute Gasteiger partial charge is 0.353 e. The highest BCUT2D eigenvalue weighted by molar-refractivity contribution is 7.99. The molecule has 222 valence electrons. The van der Waals surface area contributed by atoms with Crippen molar-refractivity contribution < 1.29 is 13.2 Å². The Hall–Kier alpha value is -2.44. The minimum Gasteiger partial charge on any atom is -0.353 e. The number of carbonyl (C=O) groups is 1. The highest BCUT2D eigenvalue weighted by Gasteiger charge is 2.38. The zero-order valence-corrected chi connectivity index (χ0v) is 26.4. The van der Waals surface area contributed by atoms with Crippen LogP contribution in [0.3, 0.4) is 0 Å². The van der Waals surface area contributed by atoms with E-state index in [0.717, 1.165) is 31.4 Å². The molecule has 2 aliphatic rings. The lowest BCUT2D eigenvalue weighted by Crippen LogP contribution is -2.62. The molecule has 41 heavy (non-hydrogen) atoms. The van der Waals surface area contributed by atoms with Gasteiger partial charge >= 0.3 is 0 Å². The fourth-order valence-corrected chi connectivity index (χ4v) is 8.38. The molecule has 0 spiro atoms. The molecule has 2 saturated heterocycles. The highest BCUT2D eigenvalue weighted by atomic mass is 35.5. The first kappa shape index (κ1) is 31.5. The van der Waals surface area contributed by atoms with E-state index in [2.05, 4.69) is 48.5 Å². The number of nitrogens with zero attached hydrogens (tertiary/aromatic N) is 4. The third-order valence-corrected chi connectivity index (χ3v) is 10.2. The summed E-state index contributed by atoms with van der Waals surface area (Å²) in [5.74, 6) is 0.667. The van der Waals surface area contributed by atoms with Crippen molar-refractivity contribution in [3.8, 4) is 17.1 Å². The SMILES string of the molecule is CC1(C)CC(NC(=O)CSc2nnc(-c3cccc(S(=O)(=O)N4CCCC4)c3)n2-c2ccccc2)CC(C)(C)N1.Cl. The van der Waals surface area contributed by atoms with Crippen molar-refractivity contribution in [3.63, 3.8) is 0 Å². The molecule has 3 aromatic rings. The number of carbonyl (C=O) groups excluding carboxylic acids is 1. The lowest BCUT2D eigenvalue weighted by atomic mass is 9.79. The van der Waals surface area contributed by atoms with Crippen molar-refractivity contribution in [2.75, 3.05) is 18.8 Å². The third-order valence-electron chi connectivity index (χ3n) is 7.33. The summed E-state index contributed by atoms with van der Waals surface area (Å²) in [5.41, 5.74) is 1.35. The number of sulfonamides is 1. The quantitative estimate of drug-likeness (QED) is 0.354. The van der Waals surface area contributed by atoms with Crippen molar-refractivity contribution in [3.05, 3.63) is 54.6 Å². The van der Waals surface area contributed by atoms with Crippen LogP contribution in [0.2, 0.25) is 0 Å². The second kappa shape index (κ2) is 12.4. The van der Waals surface area contributed by atoms with Crippen LogP contribution in [-0.4, -0.2) is 69.4 Å². The van der Waals surface area contributed by atoms with Gasteiger partial charge in [-0.2, -0.15) is 4.31 Å². The molecule has 12 heteroatoms.